The predicted molar refractivity (Wildman–Crippen MR) is 167 cm³/mol. The van der Waals surface area contributed by atoms with Gasteiger partial charge in [0, 0.05) is 47.6 Å². The smallest absolute Gasteiger partial charge is 0.271 e. The summed E-state index contributed by atoms with van der Waals surface area (Å²) in [6.45, 7) is 3.09. The number of phenols is 2. The van der Waals surface area contributed by atoms with Gasteiger partial charge < -0.3 is 40.4 Å². The Kier molecular flexibility index (Phi) is 8.36. The summed E-state index contributed by atoms with van der Waals surface area (Å²) in [7, 11) is 1.34. The molecule has 2 aliphatic carbocycles. The van der Waals surface area contributed by atoms with Crippen molar-refractivity contribution < 1.29 is 49.0 Å². The number of methoxy groups -OCH3 is 1. The zero-order valence-electron chi connectivity index (χ0n) is 25.9. The minimum Gasteiger partial charge on any atom is -0.507 e. The number of benzene rings is 3. The van der Waals surface area contributed by atoms with E-state index in [-0.39, 0.29) is 53.0 Å². The lowest BCUT2D eigenvalue weighted by Gasteiger charge is -2.42. The third kappa shape index (κ3) is 5.45. The van der Waals surface area contributed by atoms with Crippen LogP contribution in [-0.4, -0.2) is 80.9 Å². The fourth-order valence-electron chi connectivity index (χ4n) is 6.56. The summed E-state index contributed by atoms with van der Waals surface area (Å²) >= 11 is 0. The molecule has 3 aliphatic rings. The Morgan fingerprint density at radius 3 is 2.43 bits per heavy atom. The van der Waals surface area contributed by atoms with Gasteiger partial charge in [-0.3, -0.25) is 14.4 Å². The van der Waals surface area contributed by atoms with E-state index in [1.165, 1.54) is 32.2 Å². The van der Waals surface area contributed by atoms with Crippen molar-refractivity contribution in [2.24, 2.45) is 10.8 Å². The highest BCUT2D eigenvalue weighted by atomic mass is 16.7. The molecular weight excluding hydrogens is 610 g/mol. The number of rotatable bonds is 6. The number of carbonyl (C=O) groups is 3. The zero-order valence-corrected chi connectivity index (χ0v) is 25.9. The molecule has 0 bridgehead atoms. The lowest BCUT2D eigenvalue weighted by atomic mass is 9.71. The number of nitrogens with one attached hydrogen (secondary N) is 1. The topological polar surface area (TPSA) is 210 Å². The van der Waals surface area contributed by atoms with Crippen molar-refractivity contribution in [3.63, 3.8) is 0 Å². The molecule has 13 heteroatoms. The van der Waals surface area contributed by atoms with Crippen LogP contribution in [-0.2, 0) is 15.9 Å². The Hall–Kier alpha value is -4.66. The molecule has 7 N–H and O–H groups in total. The molecule has 3 aromatic rings. The maximum atomic E-state index is 13.9. The monoisotopic (exact) mass is 645 g/mol. The number of carbonyl (C=O) groups excluding carboxylic acids is 3. The normalized spacial score (nSPS) is 27.0. The van der Waals surface area contributed by atoms with Crippen LogP contribution in [0.5, 0.6) is 17.2 Å². The summed E-state index contributed by atoms with van der Waals surface area (Å²) in [6.07, 6.45) is -4.51. The molecule has 246 valence electrons. The molecule has 0 saturated carbocycles. The quantitative estimate of drug-likeness (QED) is 0.102. The SMILES string of the molecule is COc1cccc2c1C(=O)c1c(O)c3c(c(O)c1C2=O)C[C@@](O)(/C(C)=N/NC(=O)c1ccccc1)C[C@@H]3OC1CC(N)C(O)C(C)O1. The third-order valence-electron chi connectivity index (χ3n) is 9.18. The van der Waals surface area contributed by atoms with Gasteiger partial charge in [0.1, 0.15) is 22.8 Å². The Balaban J connectivity index is 1.46. The molecule has 13 nitrogen and oxygen atoms in total. The number of fused-ring (bicyclic) bond motifs is 3. The van der Waals surface area contributed by atoms with E-state index in [2.05, 4.69) is 10.5 Å². The molecule has 47 heavy (non-hydrogen) atoms. The molecule has 1 heterocycles. The Labute approximate surface area is 269 Å². The van der Waals surface area contributed by atoms with Gasteiger partial charge in [0.2, 0.25) is 5.78 Å². The maximum Gasteiger partial charge on any atom is 0.271 e. The van der Waals surface area contributed by atoms with Crippen LogP contribution in [0.25, 0.3) is 0 Å². The standard InChI is InChI=1S/C34H35N3O10/c1-15-28(38)20(35)12-23(46-15)47-22-14-34(44,16(2)36-37-33(43)17-8-5-4-6-9-17)13-19-25(22)32(42)27-26(30(19)40)29(39)18-10-7-11-21(45-3)24(18)31(27)41/h4-11,15,20,22-23,28,38,40,42,44H,12-14,35H2,1-3H3,(H,37,43)/b36-16+/t15?,20?,22-,23?,28?,34-/m0/s1. The number of ether oxygens (including phenoxy) is 3. The Morgan fingerprint density at radius 1 is 1.04 bits per heavy atom. The van der Waals surface area contributed by atoms with Crippen LogP contribution in [0.15, 0.2) is 53.6 Å². The molecule has 0 spiro atoms. The van der Waals surface area contributed by atoms with Gasteiger partial charge in [0.25, 0.3) is 5.91 Å². The minimum absolute atomic E-state index is 0.0196. The lowest BCUT2D eigenvalue weighted by Crippen LogP contribution is -2.52. The van der Waals surface area contributed by atoms with E-state index in [9.17, 15) is 34.8 Å². The largest absolute Gasteiger partial charge is 0.507 e. The van der Waals surface area contributed by atoms with Gasteiger partial charge in [-0.1, -0.05) is 30.3 Å². The summed E-state index contributed by atoms with van der Waals surface area (Å²) in [5, 5.41) is 50.0. The van der Waals surface area contributed by atoms with E-state index >= 15 is 0 Å². The second-order valence-corrected chi connectivity index (χ2v) is 12.1. The first kappa shape index (κ1) is 32.3. The molecular formula is C34H35N3O10. The zero-order chi connectivity index (χ0) is 33.8. The van der Waals surface area contributed by atoms with E-state index in [1.807, 2.05) is 0 Å². The highest BCUT2D eigenvalue weighted by Crippen LogP contribution is 2.52. The van der Waals surface area contributed by atoms with E-state index in [0.29, 0.717) is 5.56 Å². The number of ketones is 2. The molecule has 1 amide bonds. The molecule has 1 fully saturated rings. The summed E-state index contributed by atoms with van der Waals surface area (Å²) in [6, 6.07) is 12.1. The predicted octanol–water partition coefficient (Wildman–Crippen LogP) is 2.25. The molecule has 1 saturated heterocycles. The summed E-state index contributed by atoms with van der Waals surface area (Å²) in [5.41, 5.74) is 6.04. The molecule has 6 atom stereocenters. The van der Waals surface area contributed by atoms with Gasteiger partial charge in [-0.25, -0.2) is 5.43 Å². The highest BCUT2D eigenvalue weighted by molar-refractivity contribution is 6.31. The van der Waals surface area contributed by atoms with Crippen LogP contribution in [0.4, 0.5) is 0 Å². The number of nitrogens with zero attached hydrogens (tertiary/aromatic N) is 1. The van der Waals surface area contributed by atoms with Crippen molar-refractivity contribution in [2.75, 3.05) is 7.11 Å². The first-order chi connectivity index (χ1) is 22.4. The average Bonchev–Trinajstić information content (AvgIpc) is 3.06. The second kappa shape index (κ2) is 12.2. The van der Waals surface area contributed by atoms with Crippen molar-refractivity contribution in [3.05, 3.63) is 87.5 Å². The van der Waals surface area contributed by atoms with Gasteiger partial charge in [-0.15, -0.1) is 0 Å². The number of aromatic hydroxyl groups is 2. The lowest BCUT2D eigenvalue weighted by molar-refractivity contribution is -0.245. The molecule has 6 rings (SSSR count). The molecule has 0 aromatic heterocycles. The number of phenolic OH excluding ortho intramolecular Hbond substituents is 2. The first-order valence-electron chi connectivity index (χ1n) is 15.1. The van der Waals surface area contributed by atoms with E-state index in [1.54, 1.807) is 37.3 Å². The number of nitrogens with two attached hydrogens (primary N) is 1. The molecule has 0 radical (unpaired) electrons. The fraction of sp³-hybridized carbons (Fsp3) is 0.353. The third-order valence-corrected chi connectivity index (χ3v) is 9.18. The van der Waals surface area contributed by atoms with Crippen molar-refractivity contribution in [3.8, 4) is 17.2 Å². The van der Waals surface area contributed by atoms with E-state index < -0.39 is 76.3 Å². The average molecular weight is 646 g/mol. The summed E-state index contributed by atoms with van der Waals surface area (Å²) in [4.78, 5) is 40.4. The van der Waals surface area contributed by atoms with Gasteiger partial charge in [0.05, 0.1) is 47.8 Å². The Bertz CT molecular complexity index is 1800. The molecule has 1 aliphatic heterocycles. The number of aliphatic hydroxyl groups excluding tert-OH is 1. The van der Waals surface area contributed by atoms with Gasteiger partial charge in [0.15, 0.2) is 12.1 Å². The molecule has 3 aromatic carbocycles. The van der Waals surface area contributed by atoms with Crippen molar-refractivity contribution in [1.82, 2.24) is 5.43 Å². The van der Waals surface area contributed by atoms with E-state index in [0.717, 1.165) is 0 Å². The van der Waals surface area contributed by atoms with Crippen LogP contribution < -0.4 is 15.9 Å². The number of aliphatic hydroxyl groups is 2. The van der Waals surface area contributed by atoms with E-state index in [4.69, 9.17) is 19.9 Å². The fourth-order valence-corrected chi connectivity index (χ4v) is 6.56. The van der Waals surface area contributed by atoms with Gasteiger partial charge in [-0.2, -0.15) is 5.10 Å². The van der Waals surface area contributed by atoms with Crippen molar-refractivity contribution in [2.45, 2.75) is 69.4 Å². The number of hydrogen-bond donors (Lipinski definition) is 6. The van der Waals surface area contributed by atoms with Crippen molar-refractivity contribution in [1.29, 1.82) is 0 Å². The summed E-state index contributed by atoms with van der Waals surface area (Å²) in [5.74, 6) is -3.08. The molecule has 4 unspecified atom stereocenters. The maximum absolute atomic E-state index is 13.9. The van der Waals surface area contributed by atoms with Crippen LogP contribution in [0.1, 0.15) is 86.1 Å². The summed E-state index contributed by atoms with van der Waals surface area (Å²) < 4.78 is 17.5. The van der Waals surface area contributed by atoms with Crippen molar-refractivity contribution >= 4 is 23.2 Å². The number of hydrogen-bond acceptors (Lipinski definition) is 12. The highest BCUT2D eigenvalue weighted by Gasteiger charge is 2.49. The Morgan fingerprint density at radius 2 is 1.74 bits per heavy atom. The van der Waals surface area contributed by atoms with Gasteiger partial charge >= 0.3 is 0 Å². The minimum atomic E-state index is -1.88. The van der Waals surface area contributed by atoms with Crippen LogP contribution in [0.2, 0.25) is 0 Å². The first-order valence-corrected chi connectivity index (χ1v) is 15.1. The van der Waals surface area contributed by atoms with Gasteiger partial charge in [-0.05, 0) is 32.0 Å². The second-order valence-electron chi connectivity index (χ2n) is 12.1. The number of hydrazone groups is 1. The van der Waals surface area contributed by atoms with Crippen LogP contribution in [0.3, 0.4) is 0 Å². The van der Waals surface area contributed by atoms with Crippen LogP contribution >= 0.6 is 0 Å². The van der Waals surface area contributed by atoms with Crippen LogP contribution in [0, 0.1) is 0 Å². The number of amides is 1.